The van der Waals surface area contributed by atoms with Gasteiger partial charge in [-0.05, 0) is 47.3 Å². The van der Waals surface area contributed by atoms with Gasteiger partial charge in [0.05, 0.1) is 33.8 Å². The standard InChI is InChI=1S/C23H15FN2O4S2/c1-30-14-5-2-4-12(10-14)19-18(20(27)16-6-3-9-31-16)21(28)22(29)26(19)23-25-15-8-7-13(24)11-17(15)32-23/h2-11,19,28H,1H3/t19-/m0/s1. The van der Waals surface area contributed by atoms with E-state index >= 15 is 0 Å². The first-order chi connectivity index (χ1) is 15.5. The fourth-order valence-corrected chi connectivity index (χ4v) is 5.39. The van der Waals surface area contributed by atoms with Gasteiger partial charge in [0.2, 0.25) is 5.78 Å². The summed E-state index contributed by atoms with van der Waals surface area (Å²) in [5.74, 6) is -1.68. The number of ketones is 1. The van der Waals surface area contributed by atoms with Crippen molar-refractivity contribution in [3.8, 4) is 5.75 Å². The number of thiazole rings is 1. The summed E-state index contributed by atoms with van der Waals surface area (Å²) < 4.78 is 19.6. The highest BCUT2D eigenvalue weighted by atomic mass is 32.1. The summed E-state index contributed by atoms with van der Waals surface area (Å²) in [7, 11) is 1.52. The molecule has 0 saturated heterocycles. The lowest BCUT2D eigenvalue weighted by Gasteiger charge is -2.24. The van der Waals surface area contributed by atoms with Crippen molar-refractivity contribution in [2.75, 3.05) is 12.0 Å². The van der Waals surface area contributed by atoms with Crippen LogP contribution in [-0.2, 0) is 4.79 Å². The molecule has 2 aromatic carbocycles. The van der Waals surface area contributed by atoms with Gasteiger partial charge in [0.1, 0.15) is 11.6 Å². The summed E-state index contributed by atoms with van der Waals surface area (Å²) in [6, 6.07) is 13.5. The second-order valence-corrected chi connectivity index (χ2v) is 8.99. The van der Waals surface area contributed by atoms with Crippen molar-refractivity contribution in [1.82, 2.24) is 4.98 Å². The Morgan fingerprint density at radius 3 is 2.78 bits per heavy atom. The topological polar surface area (TPSA) is 79.7 Å². The fourth-order valence-electron chi connectivity index (χ4n) is 3.69. The van der Waals surface area contributed by atoms with E-state index in [0.29, 0.717) is 26.4 Å². The van der Waals surface area contributed by atoms with E-state index in [0.717, 1.165) is 11.3 Å². The Bertz CT molecular complexity index is 1390. The predicted octanol–water partition coefficient (Wildman–Crippen LogP) is 5.29. The number of hydrogen-bond donors (Lipinski definition) is 1. The van der Waals surface area contributed by atoms with Gasteiger partial charge in [-0.25, -0.2) is 9.37 Å². The minimum Gasteiger partial charge on any atom is -0.503 e. The minimum atomic E-state index is -0.919. The fraction of sp³-hybridized carbons (Fsp3) is 0.0870. The van der Waals surface area contributed by atoms with E-state index in [-0.39, 0.29) is 10.7 Å². The van der Waals surface area contributed by atoms with Crippen LogP contribution in [0.15, 0.2) is 71.3 Å². The second-order valence-electron chi connectivity index (χ2n) is 7.03. The van der Waals surface area contributed by atoms with E-state index in [9.17, 15) is 19.1 Å². The number of methoxy groups -OCH3 is 1. The zero-order valence-electron chi connectivity index (χ0n) is 16.6. The van der Waals surface area contributed by atoms with E-state index in [1.165, 1.54) is 41.5 Å². The van der Waals surface area contributed by atoms with Crippen molar-refractivity contribution in [1.29, 1.82) is 0 Å². The maximum absolute atomic E-state index is 13.7. The number of fused-ring (bicyclic) bond motifs is 1. The normalized spacial score (nSPS) is 16.2. The zero-order valence-corrected chi connectivity index (χ0v) is 18.2. The molecule has 1 N–H and O–H groups in total. The lowest BCUT2D eigenvalue weighted by Crippen LogP contribution is -2.30. The summed E-state index contributed by atoms with van der Waals surface area (Å²) in [6.07, 6.45) is 0. The van der Waals surface area contributed by atoms with Crippen molar-refractivity contribution in [3.63, 3.8) is 0 Å². The van der Waals surface area contributed by atoms with Crippen LogP contribution in [0.25, 0.3) is 10.2 Å². The molecule has 0 fully saturated rings. The number of ether oxygens (including phenoxy) is 1. The Hall–Kier alpha value is -3.56. The van der Waals surface area contributed by atoms with Crippen LogP contribution in [-0.4, -0.2) is 28.9 Å². The van der Waals surface area contributed by atoms with Crippen LogP contribution in [0, 0.1) is 5.82 Å². The summed E-state index contributed by atoms with van der Waals surface area (Å²) in [5.41, 5.74) is 1.06. The average Bonchev–Trinajstić information content (AvgIpc) is 3.52. The molecule has 2 aromatic heterocycles. The van der Waals surface area contributed by atoms with Crippen LogP contribution >= 0.6 is 22.7 Å². The Labute approximate surface area is 189 Å². The number of Topliss-reactive ketones (excluding diaryl/α,β-unsaturated/α-hetero) is 1. The number of aliphatic hydroxyl groups is 1. The van der Waals surface area contributed by atoms with Crippen molar-refractivity contribution in [3.05, 3.63) is 87.6 Å². The van der Waals surface area contributed by atoms with Crippen molar-refractivity contribution in [2.45, 2.75) is 6.04 Å². The number of nitrogens with zero attached hydrogens (tertiary/aromatic N) is 2. The van der Waals surface area contributed by atoms with E-state index in [1.54, 1.807) is 41.8 Å². The maximum Gasteiger partial charge on any atom is 0.296 e. The predicted molar refractivity (Wildman–Crippen MR) is 121 cm³/mol. The first kappa shape index (κ1) is 20.3. The van der Waals surface area contributed by atoms with E-state index < -0.39 is 29.3 Å². The van der Waals surface area contributed by atoms with Crippen LogP contribution in [0.3, 0.4) is 0 Å². The molecule has 0 unspecified atom stereocenters. The molecule has 1 amide bonds. The monoisotopic (exact) mass is 466 g/mol. The molecule has 0 saturated carbocycles. The van der Waals surface area contributed by atoms with Crippen LogP contribution in [0.1, 0.15) is 21.3 Å². The molecule has 1 atom stereocenters. The van der Waals surface area contributed by atoms with Gasteiger partial charge in [0, 0.05) is 0 Å². The largest absolute Gasteiger partial charge is 0.503 e. The summed E-state index contributed by atoms with van der Waals surface area (Å²) in [4.78, 5) is 32.7. The van der Waals surface area contributed by atoms with Crippen LogP contribution < -0.4 is 9.64 Å². The second kappa shape index (κ2) is 7.85. The highest BCUT2D eigenvalue weighted by Crippen LogP contribution is 2.45. The van der Waals surface area contributed by atoms with Crippen LogP contribution in [0.2, 0.25) is 0 Å². The van der Waals surface area contributed by atoms with Gasteiger partial charge in [0.25, 0.3) is 5.91 Å². The van der Waals surface area contributed by atoms with E-state index in [4.69, 9.17) is 4.74 Å². The Balaban J connectivity index is 1.69. The molecule has 6 nitrogen and oxygen atoms in total. The van der Waals surface area contributed by atoms with Crippen molar-refractivity contribution >= 4 is 49.7 Å². The molecule has 3 heterocycles. The number of aromatic nitrogens is 1. The Kier molecular flexibility index (Phi) is 4.99. The van der Waals surface area contributed by atoms with Gasteiger partial charge in [-0.3, -0.25) is 14.5 Å². The molecule has 5 rings (SSSR count). The number of amides is 1. The molecular weight excluding hydrogens is 451 g/mol. The third-order valence-corrected chi connectivity index (χ3v) is 7.04. The Morgan fingerprint density at radius 1 is 1.19 bits per heavy atom. The quantitative estimate of drug-likeness (QED) is 0.405. The number of thiophene rings is 1. The molecule has 4 aromatic rings. The lowest BCUT2D eigenvalue weighted by molar-refractivity contribution is -0.117. The minimum absolute atomic E-state index is 0.0314. The summed E-state index contributed by atoms with van der Waals surface area (Å²) >= 11 is 2.33. The third kappa shape index (κ3) is 3.26. The molecule has 32 heavy (non-hydrogen) atoms. The van der Waals surface area contributed by atoms with Gasteiger partial charge in [-0.1, -0.05) is 29.5 Å². The molecule has 0 bridgehead atoms. The number of benzene rings is 2. The molecule has 1 aliphatic heterocycles. The number of anilines is 1. The summed E-state index contributed by atoms with van der Waals surface area (Å²) in [5, 5.41) is 12.8. The van der Waals surface area contributed by atoms with E-state index in [2.05, 4.69) is 4.98 Å². The van der Waals surface area contributed by atoms with Gasteiger partial charge in [-0.15, -0.1) is 11.3 Å². The highest BCUT2D eigenvalue weighted by Gasteiger charge is 2.46. The number of hydrogen-bond acceptors (Lipinski definition) is 7. The number of aliphatic hydroxyl groups excluding tert-OH is 1. The molecule has 9 heteroatoms. The van der Waals surface area contributed by atoms with Crippen molar-refractivity contribution < 1.29 is 23.8 Å². The molecule has 160 valence electrons. The average molecular weight is 467 g/mol. The van der Waals surface area contributed by atoms with E-state index in [1.807, 2.05) is 0 Å². The summed E-state index contributed by atoms with van der Waals surface area (Å²) in [6.45, 7) is 0. The Morgan fingerprint density at radius 2 is 2.03 bits per heavy atom. The smallest absolute Gasteiger partial charge is 0.296 e. The molecule has 0 aliphatic carbocycles. The number of halogens is 1. The first-order valence-electron chi connectivity index (χ1n) is 9.53. The van der Waals surface area contributed by atoms with Gasteiger partial charge in [0.15, 0.2) is 10.9 Å². The molecular formula is C23H15FN2O4S2. The maximum atomic E-state index is 13.7. The van der Waals surface area contributed by atoms with Gasteiger partial charge >= 0.3 is 0 Å². The van der Waals surface area contributed by atoms with Gasteiger partial charge in [-0.2, -0.15) is 0 Å². The molecule has 1 aliphatic rings. The van der Waals surface area contributed by atoms with Gasteiger partial charge < -0.3 is 9.84 Å². The number of carbonyl (C=O) groups is 2. The van der Waals surface area contributed by atoms with Crippen molar-refractivity contribution in [2.24, 2.45) is 0 Å². The number of carbonyl (C=O) groups excluding carboxylic acids is 2. The molecule has 0 spiro atoms. The molecule has 0 radical (unpaired) electrons. The van der Waals surface area contributed by atoms with Crippen LogP contribution in [0.4, 0.5) is 9.52 Å². The zero-order chi connectivity index (χ0) is 22.4. The lowest BCUT2D eigenvalue weighted by atomic mass is 9.95. The third-order valence-electron chi connectivity index (χ3n) is 5.15. The van der Waals surface area contributed by atoms with Crippen LogP contribution in [0.5, 0.6) is 5.75 Å². The highest BCUT2D eigenvalue weighted by molar-refractivity contribution is 7.22. The number of rotatable bonds is 5. The SMILES string of the molecule is COc1cccc([C@H]2C(C(=O)c3cccs3)=C(O)C(=O)N2c2nc3ccc(F)cc3s2)c1. The first-order valence-corrected chi connectivity index (χ1v) is 11.2.